The number of carbonyl (C=O) groups is 1. The third-order valence-corrected chi connectivity index (χ3v) is 1.02. The lowest BCUT2D eigenvalue weighted by Crippen LogP contribution is -2.05. The van der Waals surface area contributed by atoms with E-state index < -0.39 is 23.1 Å². The number of aromatic carboxylic acids is 1. The lowest BCUT2D eigenvalue weighted by molar-refractivity contribution is 0.0549. The number of rotatable bonds is 2. The largest absolute Gasteiger partial charge is 0.475 e. The average molecular weight is 199 g/mol. The molecule has 0 saturated carbocycles. The Bertz CT molecular complexity index is 307. The van der Waals surface area contributed by atoms with E-state index in [1.165, 1.54) is 0 Å². The van der Waals surface area contributed by atoms with Crippen molar-refractivity contribution in [2.24, 2.45) is 0 Å². The first-order valence-corrected chi connectivity index (χ1v) is 2.93. The predicted molar refractivity (Wildman–Crippen MR) is 31.0 cm³/mol. The number of hydrogen-bond acceptors (Lipinski definition) is 4. The van der Waals surface area contributed by atoms with Crippen LogP contribution in [-0.2, 0) is 5.38 Å². The summed E-state index contributed by atoms with van der Waals surface area (Å²) in [5.41, 5.74) is 0. The number of alkyl halides is 3. The van der Waals surface area contributed by atoms with Crippen LogP contribution < -0.4 is 0 Å². The molecule has 1 heterocycles. The molecule has 0 radical (unpaired) electrons. The van der Waals surface area contributed by atoms with Crippen molar-refractivity contribution in [1.29, 1.82) is 0 Å². The molecule has 0 aromatic carbocycles. The summed E-state index contributed by atoms with van der Waals surface area (Å²) in [6, 6.07) is 0. The first-order valence-electron chi connectivity index (χ1n) is 2.55. The highest BCUT2D eigenvalue weighted by Crippen LogP contribution is 2.30. The Hall–Kier alpha value is -1.24. The van der Waals surface area contributed by atoms with Crippen molar-refractivity contribution >= 4 is 17.6 Å². The second kappa shape index (κ2) is 2.67. The van der Waals surface area contributed by atoms with Crippen molar-refractivity contribution in [3.8, 4) is 0 Å². The fraction of sp³-hybridized carbons (Fsp3) is 0.250. The maximum absolute atomic E-state index is 12.1. The molecule has 8 heteroatoms. The molecule has 0 unspecified atom stereocenters. The van der Waals surface area contributed by atoms with Crippen LogP contribution in [0, 0.1) is 0 Å². The fourth-order valence-electron chi connectivity index (χ4n) is 0.425. The van der Waals surface area contributed by atoms with Crippen molar-refractivity contribution in [3.05, 3.63) is 11.7 Å². The van der Waals surface area contributed by atoms with E-state index in [4.69, 9.17) is 5.11 Å². The molecule has 0 saturated heterocycles. The highest BCUT2D eigenvalue weighted by molar-refractivity contribution is 6.21. The summed E-state index contributed by atoms with van der Waals surface area (Å²) < 4.78 is 28.1. The molecule has 0 spiro atoms. The van der Waals surface area contributed by atoms with Crippen LogP contribution >= 0.6 is 11.6 Å². The van der Waals surface area contributed by atoms with E-state index in [2.05, 4.69) is 26.3 Å². The van der Waals surface area contributed by atoms with Gasteiger partial charge in [-0.05, 0) is 16.8 Å². The Balaban J connectivity index is 3.00. The summed E-state index contributed by atoms with van der Waals surface area (Å²) >= 11 is 4.45. The van der Waals surface area contributed by atoms with Crippen molar-refractivity contribution in [2.45, 2.75) is 5.38 Å². The maximum Gasteiger partial charge on any atom is 0.400 e. The van der Waals surface area contributed by atoms with Gasteiger partial charge in [0, 0.05) is 0 Å². The van der Waals surface area contributed by atoms with E-state index in [0.717, 1.165) is 0 Å². The lowest BCUT2D eigenvalue weighted by Gasteiger charge is -1.97. The average Bonchev–Trinajstić information content (AvgIpc) is 2.30. The molecule has 5 nitrogen and oxygen atoms in total. The van der Waals surface area contributed by atoms with Crippen LogP contribution in [0.2, 0.25) is 0 Å². The van der Waals surface area contributed by atoms with Crippen LogP contribution in [0.4, 0.5) is 8.78 Å². The van der Waals surface area contributed by atoms with E-state index in [1.54, 1.807) is 0 Å². The predicted octanol–water partition coefficient (Wildman–Crippen LogP) is 1.06. The van der Waals surface area contributed by atoms with Gasteiger partial charge in [0.25, 0.3) is 5.82 Å². The quantitative estimate of drug-likeness (QED) is 0.719. The zero-order valence-corrected chi connectivity index (χ0v) is 6.05. The lowest BCUT2D eigenvalue weighted by atomic mass is 10.6. The van der Waals surface area contributed by atoms with Gasteiger partial charge < -0.3 is 9.63 Å². The highest BCUT2D eigenvalue weighted by atomic mass is 35.5. The summed E-state index contributed by atoms with van der Waals surface area (Å²) in [6.07, 6.45) is 0. The molecule has 0 atom stereocenters. The molecule has 0 amide bonds. The number of aromatic nitrogens is 2. The molecule has 12 heavy (non-hydrogen) atoms. The van der Waals surface area contributed by atoms with Crippen molar-refractivity contribution < 1.29 is 23.2 Å². The molecular weight excluding hydrogens is 198 g/mol. The number of hydrogen-bond donors (Lipinski definition) is 1. The molecule has 0 aliphatic rings. The molecule has 1 aromatic rings. The third kappa shape index (κ3) is 1.67. The molecule has 1 rings (SSSR count). The van der Waals surface area contributed by atoms with Crippen LogP contribution in [0.3, 0.4) is 0 Å². The molecule has 0 bridgehead atoms. The number of carboxylic acid groups (broad SMARTS) is 1. The zero-order valence-electron chi connectivity index (χ0n) is 5.29. The van der Waals surface area contributed by atoms with E-state index in [9.17, 15) is 13.6 Å². The fourth-order valence-corrected chi connectivity index (χ4v) is 0.502. The molecule has 66 valence electrons. The molecule has 1 aromatic heterocycles. The molecule has 0 fully saturated rings. The van der Waals surface area contributed by atoms with Crippen molar-refractivity contribution in [2.75, 3.05) is 0 Å². The van der Waals surface area contributed by atoms with Crippen LogP contribution in [0.1, 0.15) is 16.5 Å². The minimum atomic E-state index is -3.83. The second-order valence-electron chi connectivity index (χ2n) is 1.73. The number of halogens is 3. The monoisotopic (exact) mass is 198 g/mol. The van der Waals surface area contributed by atoms with E-state index >= 15 is 0 Å². The van der Waals surface area contributed by atoms with Crippen LogP contribution in [0.15, 0.2) is 4.52 Å². The molecule has 0 aliphatic carbocycles. The topological polar surface area (TPSA) is 76.2 Å². The smallest absolute Gasteiger partial charge is 0.400 e. The summed E-state index contributed by atoms with van der Waals surface area (Å²) in [5.74, 6) is -3.65. The summed E-state index contributed by atoms with van der Waals surface area (Å²) in [6.45, 7) is 0. The third-order valence-electron chi connectivity index (χ3n) is 0.860. The SMILES string of the molecule is O=C(O)c1noc(C(F)(F)Cl)n1. The highest BCUT2D eigenvalue weighted by Gasteiger charge is 2.36. The first-order chi connectivity index (χ1) is 5.41. The van der Waals surface area contributed by atoms with Gasteiger partial charge in [-0.2, -0.15) is 13.8 Å². The van der Waals surface area contributed by atoms with Gasteiger partial charge in [-0.1, -0.05) is 0 Å². The standard InChI is InChI=1S/C4HClF2N2O3/c5-4(6,7)3-8-1(2(10)11)9-12-3/h(H,10,11). The minimum Gasteiger partial charge on any atom is -0.475 e. The number of nitrogens with zero attached hydrogens (tertiary/aromatic N) is 2. The van der Waals surface area contributed by atoms with Gasteiger partial charge in [-0.25, -0.2) is 4.79 Å². The Morgan fingerprint density at radius 2 is 2.25 bits per heavy atom. The molecular formula is C4HClF2N2O3. The maximum atomic E-state index is 12.1. The van der Waals surface area contributed by atoms with Gasteiger partial charge in [0.2, 0.25) is 0 Å². The van der Waals surface area contributed by atoms with Crippen LogP contribution in [-0.4, -0.2) is 21.2 Å². The van der Waals surface area contributed by atoms with Gasteiger partial charge >= 0.3 is 17.2 Å². The van der Waals surface area contributed by atoms with Crippen LogP contribution in [0.5, 0.6) is 0 Å². The molecule has 0 aliphatic heterocycles. The second-order valence-corrected chi connectivity index (χ2v) is 2.20. The van der Waals surface area contributed by atoms with Crippen LogP contribution in [0.25, 0.3) is 0 Å². The summed E-state index contributed by atoms with van der Waals surface area (Å²) in [5, 5.41) is 7.09. The molecule has 1 N–H and O–H groups in total. The number of carboxylic acids is 1. The van der Waals surface area contributed by atoms with Crippen molar-refractivity contribution in [1.82, 2.24) is 10.1 Å². The van der Waals surface area contributed by atoms with Gasteiger partial charge in [0.1, 0.15) is 0 Å². The minimum absolute atomic E-state index is 0.856. The van der Waals surface area contributed by atoms with Crippen molar-refractivity contribution in [3.63, 3.8) is 0 Å². The Labute approximate surface area is 68.9 Å². The zero-order chi connectivity index (χ0) is 9.35. The first kappa shape index (κ1) is 8.85. The Morgan fingerprint density at radius 3 is 2.50 bits per heavy atom. The normalized spacial score (nSPS) is 11.6. The van der Waals surface area contributed by atoms with Gasteiger partial charge in [0.05, 0.1) is 0 Å². The Kier molecular flexibility index (Phi) is 1.97. The van der Waals surface area contributed by atoms with Gasteiger partial charge in [-0.3, -0.25) is 0 Å². The summed E-state index contributed by atoms with van der Waals surface area (Å²) in [4.78, 5) is 12.9. The van der Waals surface area contributed by atoms with Gasteiger partial charge in [0.15, 0.2) is 0 Å². The van der Waals surface area contributed by atoms with E-state index in [-0.39, 0.29) is 0 Å². The van der Waals surface area contributed by atoms with Gasteiger partial charge in [-0.15, -0.1) is 0 Å². The van der Waals surface area contributed by atoms with E-state index in [1.807, 2.05) is 0 Å². The van der Waals surface area contributed by atoms with E-state index in [0.29, 0.717) is 0 Å². The Morgan fingerprint density at radius 1 is 1.67 bits per heavy atom. The summed E-state index contributed by atoms with van der Waals surface area (Å²) in [7, 11) is 0.